The van der Waals surface area contributed by atoms with Gasteiger partial charge in [0, 0.05) is 33.4 Å². The predicted molar refractivity (Wildman–Crippen MR) is 78.4 cm³/mol. The normalized spacial score (nSPS) is 10.8. The standard InChI is InChI=1S/C15H11BrN2O/c1-9-4-5-13(16)11(7-9)14(19)12-8-18-15-10(12)3-2-6-17-15/h2-8H,1H3,(H,17,18). The third-order valence-corrected chi connectivity index (χ3v) is 3.75. The molecule has 1 N–H and O–H groups in total. The molecule has 0 radical (unpaired) electrons. The molecule has 3 rings (SSSR count). The highest BCUT2D eigenvalue weighted by Crippen LogP contribution is 2.24. The molecule has 0 unspecified atom stereocenters. The Labute approximate surface area is 118 Å². The maximum atomic E-state index is 12.6. The number of aromatic nitrogens is 2. The van der Waals surface area contributed by atoms with Gasteiger partial charge < -0.3 is 4.98 Å². The van der Waals surface area contributed by atoms with E-state index in [2.05, 4.69) is 25.9 Å². The number of H-pyrrole nitrogens is 1. The average molecular weight is 315 g/mol. The van der Waals surface area contributed by atoms with Crippen molar-refractivity contribution in [3.63, 3.8) is 0 Å². The topological polar surface area (TPSA) is 45.8 Å². The molecular formula is C15H11BrN2O. The van der Waals surface area contributed by atoms with Crippen LogP contribution < -0.4 is 0 Å². The summed E-state index contributed by atoms with van der Waals surface area (Å²) in [7, 11) is 0. The lowest BCUT2D eigenvalue weighted by molar-refractivity contribution is 0.103. The molecule has 0 saturated carbocycles. The molecule has 0 fully saturated rings. The summed E-state index contributed by atoms with van der Waals surface area (Å²) >= 11 is 3.43. The van der Waals surface area contributed by atoms with Crippen LogP contribution in [0.2, 0.25) is 0 Å². The Morgan fingerprint density at radius 1 is 1.26 bits per heavy atom. The summed E-state index contributed by atoms with van der Waals surface area (Å²) in [5, 5.41) is 0.848. The van der Waals surface area contributed by atoms with Gasteiger partial charge in [-0.2, -0.15) is 0 Å². The van der Waals surface area contributed by atoms with Crippen LogP contribution in [0.5, 0.6) is 0 Å². The number of fused-ring (bicyclic) bond motifs is 1. The number of rotatable bonds is 2. The third kappa shape index (κ3) is 2.08. The molecule has 3 aromatic rings. The molecular weight excluding hydrogens is 304 g/mol. The number of nitrogens with one attached hydrogen (secondary N) is 1. The lowest BCUT2D eigenvalue weighted by atomic mass is 10.0. The van der Waals surface area contributed by atoms with E-state index in [1.807, 2.05) is 37.3 Å². The molecule has 0 amide bonds. The first-order valence-electron chi connectivity index (χ1n) is 5.90. The van der Waals surface area contributed by atoms with E-state index in [1.165, 1.54) is 0 Å². The summed E-state index contributed by atoms with van der Waals surface area (Å²) < 4.78 is 0.807. The zero-order valence-electron chi connectivity index (χ0n) is 10.3. The first kappa shape index (κ1) is 12.1. The summed E-state index contributed by atoms with van der Waals surface area (Å²) in [6.07, 6.45) is 3.42. The van der Waals surface area contributed by atoms with Crippen LogP contribution in [0.25, 0.3) is 11.0 Å². The number of benzene rings is 1. The second kappa shape index (κ2) is 4.63. The number of hydrogen-bond acceptors (Lipinski definition) is 2. The molecule has 94 valence electrons. The van der Waals surface area contributed by atoms with E-state index in [0.717, 1.165) is 21.1 Å². The molecule has 19 heavy (non-hydrogen) atoms. The zero-order chi connectivity index (χ0) is 13.4. The van der Waals surface area contributed by atoms with Gasteiger partial charge in [-0.15, -0.1) is 0 Å². The van der Waals surface area contributed by atoms with Gasteiger partial charge in [-0.3, -0.25) is 4.79 Å². The fourth-order valence-corrected chi connectivity index (χ4v) is 2.53. The summed E-state index contributed by atoms with van der Waals surface area (Å²) in [5.41, 5.74) is 3.11. The lowest BCUT2D eigenvalue weighted by Gasteiger charge is -2.04. The smallest absolute Gasteiger partial charge is 0.196 e. The molecule has 0 aliphatic rings. The van der Waals surface area contributed by atoms with Gasteiger partial charge in [0.25, 0.3) is 0 Å². The van der Waals surface area contributed by atoms with E-state index in [0.29, 0.717) is 11.1 Å². The zero-order valence-corrected chi connectivity index (χ0v) is 11.9. The highest BCUT2D eigenvalue weighted by Gasteiger charge is 2.16. The van der Waals surface area contributed by atoms with Crippen LogP contribution in [-0.2, 0) is 0 Å². The summed E-state index contributed by atoms with van der Waals surface area (Å²) in [5.74, 6) is -0.00479. The fraction of sp³-hybridized carbons (Fsp3) is 0.0667. The van der Waals surface area contributed by atoms with Crippen molar-refractivity contribution in [1.29, 1.82) is 0 Å². The van der Waals surface area contributed by atoms with Crippen LogP contribution in [-0.4, -0.2) is 15.8 Å². The van der Waals surface area contributed by atoms with Crippen LogP contribution in [0.4, 0.5) is 0 Å². The van der Waals surface area contributed by atoms with E-state index < -0.39 is 0 Å². The Hall–Kier alpha value is -1.94. The monoisotopic (exact) mass is 314 g/mol. The van der Waals surface area contributed by atoms with Gasteiger partial charge in [0.15, 0.2) is 5.78 Å². The van der Waals surface area contributed by atoms with Gasteiger partial charge in [-0.05, 0) is 31.2 Å². The largest absolute Gasteiger partial charge is 0.345 e. The maximum Gasteiger partial charge on any atom is 0.196 e. The molecule has 0 saturated heterocycles. The number of halogens is 1. The van der Waals surface area contributed by atoms with E-state index >= 15 is 0 Å². The molecule has 0 atom stereocenters. The van der Waals surface area contributed by atoms with Gasteiger partial charge in [0.05, 0.1) is 0 Å². The number of carbonyl (C=O) groups excluding carboxylic acids is 1. The second-order valence-electron chi connectivity index (χ2n) is 4.41. The number of nitrogens with zero attached hydrogens (tertiary/aromatic N) is 1. The minimum Gasteiger partial charge on any atom is -0.345 e. The SMILES string of the molecule is Cc1ccc(Br)c(C(=O)c2c[nH]c3ncccc23)c1. The number of aromatic amines is 1. The number of carbonyl (C=O) groups is 1. The van der Waals surface area contributed by atoms with Crippen LogP contribution in [0, 0.1) is 6.92 Å². The number of aryl methyl sites for hydroxylation is 1. The highest BCUT2D eigenvalue weighted by atomic mass is 79.9. The molecule has 0 bridgehead atoms. The van der Waals surface area contributed by atoms with Gasteiger partial charge in [0.1, 0.15) is 5.65 Å². The number of pyridine rings is 1. The predicted octanol–water partition coefficient (Wildman–Crippen LogP) is 3.86. The van der Waals surface area contributed by atoms with E-state index in [4.69, 9.17) is 0 Å². The third-order valence-electron chi connectivity index (χ3n) is 3.06. The first-order valence-corrected chi connectivity index (χ1v) is 6.69. The van der Waals surface area contributed by atoms with Crippen molar-refractivity contribution < 1.29 is 4.79 Å². The van der Waals surface area contributed by atoms with Crippen molar-refractivity contribution >= 4 is 32.7 Å². The first-order chi connectivity index (χ1) is 9.16. The highest BCUT2D eigenvalue weighted by molar-refractivity contribution is 9.10. The molecule has 1 aromatic carbocycles. The summed E-state index contributed by atoms with van der Waals surface area (Å²) in [4.78, 5) is 19.8. The Kier molecular flexibility index (Phi) is 2.95. The Morgan fingerprint density at radius 2 is 2.11 bits per heavy atom. The van der Waals surface area contributed by atoms with Crippen molar-refractivity contribution in [2.75, 3.05) is 0 Å². The Balaban J connectivity index is 2.16. The van der Waals surface area contributed by atoms with Crippen molar-refractivity contribution in [3.05, 3.63) is 63.9 Å². The molecule has 0 aliphatic carbocycles. The quantitative estimate of drug-likeness (QED) is 0.730. The minimum absolute atomic E-state index is 0.00479. The summed E-state index contributed by atoms with van der Waals surface area (Å²) in [6, 6.07) is 9.49. The Bertz CT molecular complexity index is 777. The van der Waals surface area contributed by atoms with E-state index in [1.54, 1.807) is 12.4 Å². The second-order valence-corrected chi connectivity index (χ2v) is 5.27. The van der Waals surface area contributed by atoms with Crippen molar-refractivity contribution in [3.8, 4) is 0 Å². The van der Waals surface area contributed by atoms with E-state index in [9.17, 15) is 4.79 Å². The van der Waals surface area contributed by atoms with Gasteiger partial charge in [-0.25, -0.2) is 4.98 Å². The van der Waals surface area contributed by atoms with Crippen LogP contribution >= 0.6 is 15.9 Å². The molecule has 3 nitrogen and oxygen atoms in total. The van der Waals surface area contributed by atoms with Crippen molar-refractivity contribution in [2.24, 2.45) is 0 Å². The fourth-order valence-electron chi connectivity index (χ4n) is 2.10. The van der Waals surface area contributed by atoms with Gasteiger partial charge >= 0.3 is 0 Å². The maximum absolute atomic E-state index is 12.6. The molecule has 4 heteroatoms. The number of ketones is 1. The van der Waals surface area contributed by atoms with Crippen molar-refractivity contribution in [2.45, 2.75) is 6.92 Å². The van der Waals surface area contributed by atoms with Crippen LogP contribution in [0.15, 0.2) is 47.2 Å². The minimum atomic E-state index is -0.00479. The molecule has 2 aromatic heterocycles. The average Bonchev–Trinajstić information content (AvgIpc) is 2.84. The van der Waals surface area contributed by atoms with Crippen LogP contribution in [0.3, 0.4) is 0 Å². The van der Waals surface area contributed by atoms with Crippen LogP contribution in [0.1, 0.15) is 21.5 Å². The Morgan fingerprint density at radius 3 is 2.95 bits per heavy atom. The molecule has 0 aliphatic heterocycles. The molecule has 2 heterocycles. The van der Waals surface area contributed by atoms with Gasteiger partial charge in [0.2, 0.25) is 0 Å². The molecule has 0 spiro atoms. The van der Waals surface area contributed by atoms with Gasteiger partial charge in [-0.1, -0.05) is 27.6 Å². The summed E-state index contributed by atoms with van der Waals surface area (Å²) in [6.45, 7) is 1.97. The van der Waals surface area contributed by atoms with Crippen molar-refractivity contribution in [1.82, 2.24) is 9.97 Å². The lowest BCUT2D eigenvalue weighted by Crippen LogP contribution is -2.02. The number of hydrogen-bond donors (Lipinski definition) is 1. The van der Waals surface area contributed by atoms with E-state index in [-0.39, 0.29) is 5.78 Å².